The Balaban J connectivity index is 2.60. The van der Waals surface area contributed by atoms with E-state index in [0.29, 0.717) is 6.54 Å². The van der Waals surface area contributed by atoms with Crippen LogP contribution < -0.4 is 10.1 Å². The summed E-state index contributed by atoms with van der Waals surface area (Å²) in [6.07, 6.45) is 1.26. The van der Waals surface area contributed by atoms with Crippen molar-refractivity contribution in [2.24, 2.45) is 0 Å². The molecule has 1 atom stereocenters. The van der Waals surface area contributed by atoms with Crippen LogP contribution in [0.2, 0.25) is 0 Å². The molecule has 88 valence electrons. The number of benzene rings is 1. The number of ether oxygens (including phenoxy) is 1. The zero-order valence-electron chi connectivity index (χ0n) is 9.79. The first-order valence-corrected chi connectivity index (χ1v) is 6.25. The Morgan fingerprint density at radius 3 is 2.94 bits per heavy atom. The highest BCUT2D eigenvalue weighted by molar-refractivity contribution is 9.11. The molecule has 2 nitrogen and oxygen atoms in total. The second kappa shape index (κ2) is 6.59. The molecular weight excluding hydrogens is 266 g/mol. The standard InChI is InChI=1S/C13H18BrNO/c1-4-11(3)16-13-7-5-6-12(8-13)15-9-10(2)14/h5-8,11,15H,2,4,9H2,1,3H3. The highest BCUT2D eigenvalue weighted by Gasteiger charge is 2.01. The van der Waals surface area contributed by atoms with Gasteiger partial charge in [-0.1, -0.05) is 35.5 Å². The lowest BCUT2D eigenvalue weighted by Crippen LogP contribution is -2.10. The Hall–Kier alpha value is -0.960. The lowest BCUT2D eigenvalue weighted by molar-refractivity contribution is 0.217. The van der Waals surface area contributed by atoms with Crippen LogP contribution in [0, 0.1) is 0 Å². The predicted molar refractivity (Wildman–Crippen MR) is 73.4 cm³/mol. The first-order valence-electron chi connectivity index (χ1n) is 5.45. The molecule has 1 rings (SSSR count). The van der Waals surface area contributed by atoms with E-state index in [2.05, 4.69) is 41.7 Å². The zero-order chi connectivity index (χ0) is 12.0. The average molecular weight is 284 g/mol. The molecule has 0 radical (unpaired) electrons. The zero-order valence-corrected chi connectivity index (χ0v) is 11.4. The van der Waals surface area contributed by atoms with E-state index in [-0.39, 0.29) is 6.10 Å². The summed E-state index contributed by atoms with van der Waals surface area (Å²) in [6, 6.07) is 7.97. The van der Waals surface area contributed by atoms with E-state index in [9.17, 15) is 0 Å². The van der Waals surface area contributed by atoms with Gasteiger partial charge in [0.2, 0.25) is 0 Å². The minimum absolute atomic E-state index is 0.251. The molecule has 0 heterocycles. The first-order chi connectivity index (χ1) is 7.61. The van der Waals surface area contributed by atoms with Gasteiger partial charge < -0.3 is 10.1 Å². The van der Waals surface area contributed by atoms with Crippen LogP contribution in [0.25, 0.3) is 0 Å². The van der Waals surface area contributed by atoms with Gasteiger partial charge in [0.05, 0.1) is 6.10 Å². The van der Waals surface area contributed by atoms with E-state index in [4.69, 9.17) is 4.74 Å². The molecule has 0 aliphatic carbocycles. The quantitative estimate of drug-likeness (QED) is 0.846. The Morgan fingerprint density at radius 1 is 1.56 bits per heavy atom. The average Bonchev–Trinajstić information content (AvgIpc) is 2.26. The molecule has 0 amide bonds. The molecule has 1 aromatic rings. The number of anilines is 1. The molecule has 3 heteroatoms. The molecule has 1 unspecified atom stereocenters. The summed E-state index contributed by atoms with van der Waals surface area (Å²) in [4.78, 5) is 0. The molecule has 1 N–H and O–H groups in total. The van der Waals surface area contributed by atoms with Crippen LogP contribution >= 0.6 is 15.9 Å². The van der Waals surface area contributed by atoms with Gasteiger partial charge >= 0.3 is 0 Å². The summed E-state index contributed by atoms with van der Waals surface area (Å²) in [7, 11) is 0. The first kappa shape index (κ1) is 13.1. The number of nitrogens with one attached hydrogen (secondary N) is 1. The predicted octanol–water partition coefficient (Wildman–Crippen LogP) is 4.18. The van der Waals surface area contributed by atoms with Gasteiger partial charge in [-0.15, -0.1) is 0 Å². The molecule has 0 saturated carbocycles. The van der Waals surface area contributed by atoms with E-state index < -0.39 is 0 Å². The van der Waals surface area contributed by atoms with Gasteiger partial charge in [0.1, 0.15) is 5.75 Å². The van der Waals surface area contributed by atoms with Crippen LogP contribution in [-0.4, -0.2) is 12.6 Å². The van der Waals surface area contributed by atoms with Crippen LogP contribution in [0.15, 0.2) is 35.3 Å². The monoisotopic (exact) mass is 283 g/mol. The van der Waals surface area contributed by atoms with Crippen molar-refractivity contribution < 1.29 is 4.74 Å². The van der Waals surface area contributed by atoms with Gasteiger partial charge in [0.15, 0.2) is 0 Å². The highest BCUT2D eigenvalue weighted by Crippen LogP contribution is 2.19. The molecule has 0 aromatic heterocycles. The maximum atomic E-state index is 5.74. The van der Waals surface area contributed by atoms with Gasteiger partial charge in [-0.3, -0.25) is 0 Å². The third kappa shape index (κ3) is 4.71. The van der Waals surface area contributed by atoms with Gasteiger partial charge in [-0.2, -0.15) is 0 Å². The summed E-state index contributed by atoms with van der Waals surface area (Å²) in [5, 5.41) is 3.25. The molecule has 0 fully saturated rings. The van der Waals surface area contributed by atoms with Gasteiger partial charge in [0, 0.05) is 22.8 Å². The Kier molecular flexibility index (Phi) is 5.39. The third-order valence-electron chi connectivity index (χ3n) is 2.23. The van der Waals surface area contributed by atoms with E-state index in [1.54, 1.807) is 0 Å². The molecule has 1 aromatic carbocycles. The van der Waals surface area contributed by atoms with Crippen molar-refractivity contribution in [3.05, 3.63) is 35.3 Å². The summed E-state index contributed by atoms with van der Waals surface area (Å²) >= 11 is 3.31. The minimum Gasteiger partial charge on any atom is -0.491 e. The fourth-order valence-corrected chi connectivity index (χ4v) is 1.33. The summed E-state index contributed by atoms with van der Waals surface area (Å²) < 4.78 is 6.67. The SMILES string of the molecule is C=C(Br)CNc1cccc(OC(C)CC)c1. The maximum Gasteiger partial charge on any atom is 0.121 e. The molecule has 0 bridgehead atoms. The summed E-state index contributed by atoms with van der Waals surface area (Å²) in [6.45, 7) is 8.67. The second-order valence-electron chi connectivity index (χ2n) is 3.74. The second-order valence-corrected chi connectivity index (χ2v) is 4.86. The molecule has 0 spiro atoms. The van der Waals surface area contributed by atoms with Crippen molar-refractivity contribution in [1.29, 1.82) is 0 Å². The van der Waals surface area contributed by atoms with Crippen molar-refractivity contribution in [3.8, 4) is 5.75 Å². The smallest absolute Gasteiger partial charge is 0.121 e. The number of hydrogen-bond donors (Lipinski definition) is 1. The van der Waals surface area contributed by atoms with Gasteiger partial charge in [-0.05, 0) is 25.5 Å². The van der Waals surface area contributed by atoms with E-state index in [0.717, 1.165) is 22.3 Å². The maximum absolute atomic E-state index is 5.74. The number of rotatable bonds is 6. The lowest BCUT2D eigenvalue weighted by atomic mass is 10.2. The Bertz CT molecular complexity index is 352. The Labute approximate surface area is 106 Å². The third-order valence-corrected chi connectivity index (χ3v) is 2.51. The largest absolute Gasteiger partial charge is 0.491 e. The van der Waals surface area contributed by atoms with Gasteiger partial charge in [0.25, 0.3) is 0 Å². The van der Waals surface area contributed by atoms with E-state index >= 15 is 0 Å². The van der Waals surface area contributed by atoms with Crippen molar-refractivity contribution in [2.45, 2.75) is 26.4 Å². The van der Waals surface area contributed by atoms with Crippen molar-refractivity contribution in [3.63, 3.8) is 0 Å². The van der Waals surface area contributed by atoms with Crippen molar-refractivity contribution in [2.75, 3.05) is 11.9 Å². The van der Waals surface area contributed by atoms with Crippen LogP contribution in [0.3, 0.4) is 0 Å². The van der Waals surface area contributed by atoms with Crippen molar-refractivity contribution >= 4 is 21.6 Å². The van der Waals surface area contributed by atoms with Crippen molar-refractivity contribution in [1.82, 2.24) is 0 Å². The minimum atomic E-state index is 0.251. The topological polar surface area (TPSA) is 21.3 Å². The molecule has 0 aliphatic heterocycles. The van der Waals surface area contributed by atoms with E-state index in [1.165, 1.54) is 0 Å². The summed E-state index contributed by atoms with van der Waals surface area (Å²) in [5.41, 5.74) is 1.04. The highest BCUT2D eigenvalue weighted by atomic mass is 79.9. The van der Waals surface area contributed by atoms with E-state index in [1.807, 2.05) is 24.3 Å². The normalized spacial score (nSPS) is 11.9. The fraction of sp³-hybridized carbons (Fsp3) is 0.385. The molecule has 16 heavy (non-hydrogen) atoms. The van der Waals surface area contributed by atoms with Gasteiger partial charge in [-0.25, -0.2) is 0 Å². The van der Waals surface area contributed by atoms with Crippen LogP contribution in [-0.2, 0) is 0 Å². The Morgan fingerprint density at radius 2 is 2.31 bits per heavy atom. The van der Waals surface area contributed by atoms with Crippen LogP contribution in [0.5, 0.6) is 5.75 Å². The fourth-order valence-electron chi connectivity index (χ4n) is 1.19. The molecule has 0 aliphatic rings. The number of halogens is 1. The molecule has 0 saturated heterocycles. The van der Waals surface area contributed by atoms with Crippen LogP contribution in [0.1, 0.15) is 20.3 Å². The number of hydrogen-bond acceptors (Lipinski definition) is 2. The summed E-state index contributed by atoms with van der Waals surface area (Å²) in [5.74, 6) is 0.902. The van der Waals surface area contributed by atoms with Crippen LogP contribution in [0.4, 0.5) is 5.69 Å². The molecular formula is C13H18BrNO. The lowest BCUT2D eigenvalue weighted by Gasteiger charge is -2.13.